The number of rotatable bonds is 5. The van der Waals surface area contributed by atoms with Gasteiger partial charge in [0.2, 0.25) is 5.91 Å². The minimum absolute atomic E-state index is 0.399. The lowest BCUT2D eigenvalue weighted by molar-refractivity contribution is -0.150. The monoisotopic (exact) mass is 259 g/mol. The summed E-state index contributed by atoms with van der Waals surface area (Å²) in [6, 6.07) is -1.28. The zero-order valence-electron chi connectivity index (χ0n) is 10.2. The molecule has 1 amide bonds. The number of amides is 1. The summed E-state index contributed by atoms with van der Waals surface area (Å²) in [6.45, 7) is 0.493. The first-order valence-corrected chi connectivity index (χ1v) is 5.76. The summed E-state index contributed by atoms with van der Waals surface area (Å²) < 4.78 is 9.60. The molecule has 0 aromatic heterocycles. The van der Waals surface area contributed by atoms with E-state index in [9.17, 15) is 14.4 Å². The predicted molar refractivity (Wildman–Crippen MR) is 59.8 cm³/mol. The van der Waals surface area contributed by atoms with Gasteiger partial charge in [-0.25, -0.2) is 4.79 Å². The molecule has 1 aliphatic rings. The van der Waals surface area contributed by atoms with Crippen molar-refractivity contribution in [1.82, 2.24) is 5.32 Å². The lowest BCUT2D eigenvalue weighted by Crippen LogP contribution is -2.48. The van der Waals surface area contributed by atoms with E-state index in [0.717, 1.165) is 20.0 Å². The molecule has 2 N–H and O–H groups in total. The van der Waals surface area contributed by atoms with Crippen molar-refractivity contribution in [1.29, 1.82) is 0 Å². The molecule has 1 fully saturated rings. The van der Waals surface area contributed by atoms with Crippen molar-refractivity contribution < 1.29 is 29.0 Å². The molecule has 0 aliphatic carbocycles. The zero-order valence-corrected chi connectivity index (χ0v) is 10.2. The molecule has 0 saturated carbocycles. The Labute approximate surface area is 104 Å². The Hall–Kier alpha value is -1.63. The number of ether oxygens (including phenoxy) is 2. The lowest BCUT2D eigenvalue weighted by Gasteiger charge is -2.23. The number of nitrogens with one attached hydrogen (secondary N) is 1. The van der Waals surface area contributed by atoms with Gasteiger partial charge in [0, 0.05) is 6.61 Å². The summed E-state index contributed by atoms with van der Waals surface area (Å²) in [5.74, 6) is -2.46. The van der Waals surface area contributed by atoms with Crippen LogP contribution in [-0.4, -0.2) is 48.8 Å². The molecule has 1 unspecified atom stereocenters. The second-order valence-electron chi connectivity index (χ2n) is 4.03. The number of hydrogen-bond donors (Lipinski definition) is 2. The van der Waals surface area contributed by atoms with E-state index in [1.54, 1.807) is 0 Å². The summed E-state index contributed by atoms with van der Waals surface area (Å²) in [5.41, 5.74) is 0. The second-order valence-corrected chi connectivity index (χ2v) is 4.03. The quantitative estimate of drug-likeness (QED) is 0.656. The SMILES string of the molecule is COC(=O)C[C@H](NC(=O)C1CCCCO1)C(=O)O. The Bertz CT molecular complexity index is 323. The van der Waals surface area contributed by atoms with Crippen LogP contribution in [0.3, 0.4) is 0 Å². The fraction of sp³-hybridized carbons (Fsp3) is 0.727. The predicted octanol–water partition coefficient (Wildman–Crippen LogP) is -0.312. The molecule has 7 nitrogen and oxygen atoms in total. The molecule has 0 aromatic rings. The van der Waals surface area contributed by atoms with Crippen molar-refractivity contribution in [2.45, 2.75) is 37.8 Å². The van der Waals surface area contributed by atoms with Gasteiger partial charge in [-0.3, -0.25) is 9.59 Å². The highest BCUT2D eigenvalue weighted by molar-refractivity contribution is 5.89. The number of methoxy groups -OCH3 is 1. The Kier molecular flexibility index (Phi) is 5.57. The third-order valence-corrected chi connectivity index (χ3v) is 2.69. The highest BCUT2D eigenvalue weighted by atomic mass is 16.5. The van der Waals surface area contributed by atoms with E-state index in [4.69, 9.17) is 9.84 Å². The third-order valence-electron chi connectivity index (χ3n) is 2.69. The molecule has 0 aromatic carbocycles. The van der Waals surface area contributed by atoms with Gasteiger partial charge >= 0.3 is 11.9 Å². The minimum Gasteiger partial charge on any atom is -0.480 e. The number of carboxylic acid groups (broad SMARTS) is 1. The first kappa shape index (κ1) is 14.4. The highest BCUT2D eigenvalue weighted by Crippen LogP contribution is 2.13. The molecule has 1 aliphatic heterocycles. The van der Waals surface area contributed by atoms with E-state index >= 15 is 0 Å². The smallest absolute Gasteiger partial charge is 0.326 e. The van der Waals surface area contributed by atoms with Crippen LogP contribution in [0.15, 0.2) is 0 Å². The van der Waals surface area contributed by atoms with Gasteiger partial charge in [0.05, 0.1) is 13.5 Å². The van der Waals surface area contributed by atoms with E-state index in [2.05, 4.69) is 10.1 Å². The summed E-state index contributed by atoms with van der Waals surface area (Å²) >= 11 is 0. The Morgan fingerprint density at radius 3 is 2.67 bits per heavy atom. The molecule has 0 spiro atoms. The first-order chi connectivity index (χ1) is 8.54. The summed E-state index contributed by atoms with van der Waals surface area (Å²) in [4.78, 5) is 33.7. The van der Waals surface area contributed by atoms with Crippen LogP contribution < -0.4 is 5.32 Å². The average molecular weight is 259 g/mol. The van der Waals surface area contributed by atoms with Gasteiger partial charge < -0.3 is 19.9 Å². The Morgan fingerprint density at radius 1 is 1.44 bits per heavy atom. The van der Waals surface area contributed by atoms with E-state index in [1.165, 1.54) is 0 Å². The molecular formula is C11H17NO6. The van der Waals surface area contributed by atoms with Crippen LogP contribution >= 0.6 is 0 Å². The summed E-state index contributed by atoms with van der Waals surface area (Å²) in [5, 5.41) is 11.2. The van der Waals surface area contributed by atoms with Crippen molar-refractivity contribution in [2.24, 2.45) is 0 Å². The van der Waals surface area contributed by atoms with E-state index in [0.29, 0.717) is 13.0 Å². The molecule has 1 saturated heterocycles. The zero-order chi connectivity index (χ0) is 13.5. The molecule has 1 rings (SSSR count). The fourth-order valence-corrected chi connectivity index (χ4v) is 1.66. The molecule has 2 atom stereocenters. The normalized spacial score (nSPS) is 20.8. The number of carbonyl (C=O) groups excluding carboxylic acids is 2. The fourth-order valence-electron chi connectivity index (χ4n) is 1.66. The molecule has 18 heavy (non-hydrogen) atoms. The van der Waals surface area contributed by atoms with Crippen LogP contribution in [0.25, 0.3) is 0 Å². The van der Waals surface area contributed by atoms with Crippen LogP contribution in [0.1, 0.15) is 25.7 Å². The maximum atomic E-state index is 11.7. The number of hydrogen-bond acceptors (Lipinski definition) is 5. The number of carboxylic acids is 1. The van der Waals surface area contributed by atoms with Crippen molar-refractivity contribution in [2.75, 3.05) is 13.7 Å². The summed E-state index contributed by atoms with van der Waals surface area (Å²) in [6.07, 6.45) is 1.31. The van der Waals surface area contributed by atoms with Gasteiger partial charge in [0.15, 0.2) is 0 Å². The first-order valence-electron chi connectivity index (χ1n) is 5.76. The van der Waals surface area contributed by atoms with Gasteiger partial charge in [-0.2, -0.15) is 0 Å². The summed E-state index contributed by atoms with van der Waals surface area (Å²) in [7, 11) is 1.16. The van der Waals surface area contributed by atoms with Crippen molar-refractivity contribution >= 4 is 17.8 Å². The molecular weight excluding hydrogens is 242 g/mol. The number of carbonyl (C=O) groups is 3. The molecule has 102 valence electrons. The van der Waals surface area contributed by atoms with Gasteiger partial charge in [0.25, 0.3) is 0 Å². The topological polar surface area (TPSA) is 102 Å². The number of aliphatic carboxylic acids is 1. The maximum absolute atomic E-state index is 11.7. The van der Waals surface area contributed by atoms with Crippen LogP contribution in [-0.2, 0) is 23.9 Å². The maximum Gasteiger partial charge on any atom is 0.326 e. The van der Waals surface area contributed by atoms with Crippen LogP contribution in [0.4, 0.5) is 0 Å². The van der Waals surface area contributed by atoms with Gasteiger partial charge in [-0.15, -0.1) is 0 Å². The van der Waals surface area contributed by atoms with E-state index in [-0.39, 0.29) is 0 Å². The van der Waals surface area contributed by atoms with Gasteiger partial charge in [-0.05, 0) is 19.3 Å². The largest absolute Gasteiger partial charge is 0.480 e. The molecule has 0 radical (unpaired) electrons. The lowest BCUT2D eigenvalue weighted by atomic mass is 10.1. The van der Waals surface area contributed by atoms with Crippen LogP contribution in [0.2, 0.25) is 0 Å². The Balaban J connectivity index is 2.51. The van der Waals surface area contributed by atoms with Gasteiger partial charge in [0.1, 0.15) is 12.1 Å². The standard InChI is InChI=1S/C11H17NO6/c1-17-9(13)6-7(11(15)16)12-10(14)8-4-2-3-5-18-8/h7-8H,2-6H2,1H3,(H,12,14)(H,15,16)/t7-,8?/m0/s1. The highest BCUT2D eigenvalue weighted by Gasteiger charge is 2.28. The third kappa shape index (κ3) is 4.33. The minimum atomic E-state index is -1.28. The van der Waals surface area contributed by atoms with Crippen molar-refractivity contribution in [3.8, 4) is 0 Å². The van der Waals surface area contributed by atoms with Crippen LogP contribution in [0.5, 0.6) is 0 Å². The van der Waals surface area contributed by atoms with Crippen molar-refractivity contribution in [3.63, 3.8) is 0 Å². The molecule has 7 heteroatoms. The van der Waals surface area contributed by atoms with E-state index in [1.807, 2.05) is 0 Å². The molecule has 0 bridgehead atoms. The Morgan fingerprint density at radius 2 is 2.17 bits per heavy atom. The van der Waals surface area contributed by atoms with E-state index < -0.39 is 36.4 Å². The number of esters is 1. The second kappa shape index (κ2) is 6.95. The molecule has 1 heterocycles. The van der Waals surface area contributed by atoms with Gasteiger partial charge in [-0.1, -0.05) is 0 Å². The van der Waals surface area contributed by atoms with Crippen LogP contribution in [0, 0.1) is 0 Å². The van der Waals surface area contributed by atoms with Crippen molar-refractivity contribution in [3.05, 3.63) is 0 Å². The average Bonchev–Trinajstić information content (AvgIpc) is 2.38.